The highest BCUT2D eigenvalue weighted by Gasteiger charge is 2.31. The Morgan fingerprint density at radius 2 is 2.13 bits per heavy atom. The summed E-state index contributed by atoms with van der Waals surface area (Å²) >= 11 is 0. The molecule has 0 radical (unpaired) electrons. The fraction of sp³-hybridized carbons (Fsp3) is 0.778. The van der Waals surface area contributed by atoms with Crippen LogP contribution in [0.1, 0.15) is 32.1 Å². The first-order valence-corrected chi connectivity index (χ1v) is 6.09. The van der Waals surface area contributed by atoms with Crippen LogP contribution in [0.15, 0.2) is 0 Å². The summed E-state index contributed by atoms with van der Waals surface area (Å²) in [5.74, 6) is -1.46. The van der Waals surface area contributed by atoms with Crippen LogP contribution in [-0.2, 0) is 19.1 Å². The number of rotatable bonds is 4. The number of aliphatic carboxylic acids is 1. The number of carboxylic acids is 1. The van der Waals surface area contributed by atoms with E-state index in [1.54, 1.807) is 0 Å². The van der Waals surface area contributed by atoms with Crippen molar-refractivity contribution in [1.82, 2.24) is 0 Å². The summed E-state index contributed by atoms with van der Waals surface area (Å²) in [6, 6.07) is 0. The standard InChI is InChI=1S/C9H16O5Si/c10-7(11)3-4-8(12)14-9(15)5-1-2-6-13-9/h1-6H2,15H3,(H,10,11). The van der Waals surface area contributed by atoms with Gasteiger partial charge in [0.1, 0.15) is 0 Å². The topological polar surface area (TPSA) is 72.8 Å². The van der Waals surface area contributed by atoms with Gasteiger partial charge in [-0.3, -0.25) is 9.59 Å². The van der Waals surface area contributed by atoms with Crippen LogP contribution in [0.5, 0.6) is 0 Å². The number of esters is 1. The molecule has 0 aliphatic carbocycles. The Hall–Kier alpha value is -0.883. The van der Waals surface area contributed by atoms with Crippen molar-refractivity contribution in [3.05, 3.63) is 0 Å². The second-order valence-corrected chi connectivity index (χ2v) is 5.33. The maximum atomic E-state index is 11.3. The lowest BCUT2D eigenvalue weighted by molar-refractivity contribution is -0.206. The minimum absolute atomic E-state index is 0.0807. The molecule has 86 valence electrons. The number of carboxylic acid groups (broad SMARTS) is 1. The molecule has 1 fully saturated rings. The van der Waals surface area contributed by atoms with Gasteiger partial charge in [-0.15, -0.1) is 0 Å². The molecule has 1 aliphatic rings. The number of hydrogen-bond acceptors (Lipinski definition) is 4. The fourth-order valence-corrected chi connectivity index (χ4v) is 2.28. The molecule has 0 saturated carbocycles. The molecule has 1 N–H and O–H groups in total. The number of ether oxygens (including phenoxy) is 2. The molecule has 1 atom stereocenters. The number of carbonyl (C=O) groups excluding carboxylic acids is 1. The first-order valence-electron chi connectivity index (χ1n) is 5.09. The Morgan fingerprint density at radius 1 is 1.40 bits per heavy atom. The molecule has 6 heteroatoms. The Labute approximate surface area is 91.2 Å². The zero-order valence-corrected chi connectivity index (χ0v) is 10.8. The van der Waals surface area contributed by atoms with E-state index in [2.05, 4.69) is 0 Å². The van der Waals surface area contributed by atoms with Crippen LogP contribution in [-0.4, -0.2) is 39.3 Å². The lowest BCUT2D eigenvalue weighted by Crippen LogP contribution is -2.41. The second-order valence-electron chi connectivity index (χ2n) is 3.81. The summed E-state index contributed by atoms with van der Waals surface area (Å²) in [7, 11) is 0.619. The van der Waals surface area contributed by atoms with Crippen molar-refractivity contribution in [3.63, 3.8) is 0 Å². The minimum Gasteiger partial charge on any atom is -0.481 e. The maximum Gasteiger partial charge on any atom is 0.308 e. The molecule has 1 rings (SSSR count). The van der Waals surface area contributed by atoms with Gasteiger partial charge in [-0.2, -0.15) is 0 Å². The van der Waals surface area contributed by atoms with E-state index in [0.717, 1.165) is 19.3 Å². The zero-order valence-electron chi connectivity index (χ0n) is 8.82. The van der Waals surface area contributed by atoms with Gasteiger partial charge in [-0.05, 0) is 12.8 Å². The van der Waals surface area contributed by atoms with Gasteiger partial charge < -0.3 is 14.6 Å². The van der Waals surface area contributed by atoms with Crippen molar-refractivity contribution < 1.29 is 24.2 Å². The van der Waals surface area contributed by atoms with Gasteiger partial charge in [0.2, 0.25) is 0 Å². The molecular formula is C9H16O5Si. The third-order valence-corrected chi connectivity index (χ3v) is 3.30. The highest BCUT2D eigenvalue weighted by molar-refractivity contribution is 6.14. The zero-order chi connectivity index (χ0) is 11.3. The van der Waals surface area contributed by atoms with Gasteiger partial charge in [-0.1, -0.05) is 0 Å². The molecule has 1 saturated heterocycles. The van der Waals surface area contributed by atoms with E-state index in [1.165, 1.54) is 0 Å². The van der Waals surface area contributed by atoms with E-state index in [0.29, 0.717) is 16.8 Å². The number of carbonyl (C=O) groups is 2. The molecule has 0 amide bonds. The van der Waals surface area contributed by atoms with Gasteiger partial charge in [0, 0.05) is 6.42 Å². The van der Waals surface area contributed by atoms with Gasteiger partial charge in [0.15, 0.2) is 5.41 Å². The summed E-state index contributed by atoms with van der Waals surface area (Å²) in [6.07, 6.45) is 2.46. The highest BCUT2D eigenvalue weighted by atomic mass is 28.1. The van der Waals surface area contributed by atoms with E-state index in [1.807, 2.05) is 0 Å². The Morgan fingerprint density at radius 3 is 2.67 bits per heavy atom. The van der Waals surface area contributed by atoms with Crippen molar-refractivity contribution >= 4 is 22.2 Å². The van der Waals surface area contributed by atoms with Crippen LogP contribution in [0, 0.1) is 0 Å². The van der Waals surface area contributed by atoms with Crippen LogP contribution < -0.4 is 0 Å². The molecule has 1 unspecified atom stereocenters. The SMILES string of the molecule is O=C(O)CCC(=O)OC1([SiH3])CCCCO1. The highest BCUT2D eigenvalue weighted by Crippen LogP contribution is 2.23. The monoisotopic (exact) mass is 232 g/mol. The maximum absolute atomic E-state index is 11.3. The Bertz CT molecular complexity index is 247. The lowest BCUT2D eigenvalue weighted by atomic mass is 10.2. The average Bonchev–Trinajstić information content (AvgIpc) is 2.15. The molecular weight excluding hydrogens is 216 g/mol. The van der Waals surface area contributed by atoms with Crippen LogP contribution in [0.2, 0.25) is 0 Å². The summed E-state index contributed by atoms with van der Waals surface area (Å²) in [6.45, 7) is 0.621. The fourth-order valence-electron chi connectivity index (χ4n) is 1.49. The van der Waals surface area contributed by atoms with Crippen molar-refractivity contribution in [2.75, 3.05) is 6.61 Å². The predicted molar refractivity (Wildman–Crippen MR) is 55.4 cm³/mol. The van der Waals surface area contributed by atoms with Crippen molar-refractivity contribution in [3.8, 4) is 0 Å². The molecule has 1 heterocycles. The van der Waals surface area contributed by atoms with Crippen molar-refractivity contribution in [2.24, 2.45) is 0 Å². The largest absolute Gasteiger partial charge is 0.481 e. The van der Waals surface area contributed by atoms with Gasteiger partial charge in [0.25, 0.3) is 0 Å². The molecule has 15 heavy (non-hydrogen) atoms. The number of hydrogen-bond donors (Lipinski definition) is 1. The van der Waals surface area contributed by atoms with Crippen LogP contribution in [0.3, 0.4) is 0 Å². The lowest BCUT2D eigenvalue weighted by Gasteiger charge is -2.33. The van der Waals surface area contributed by atoms with Gasteiger partial charge in [0.05, 0.1) is 29.7 Å². The molecule has 0 aromatic carbocycles. The predicted octanol–water partition coefficient (Wildman–Crippen LogP) is -0.386. The molecule has 0 bridgehead atoms. The normalized spacial score (nSPS) is 26.1. The molecule has 1 aliphatic heterocycles. The average molecular weight is 232 g/mol. The summed E-state index contributed by atoms with van der Waals surface area (Å²) < 4.78 is 10.6. The third kappa shape index (κ3) is 4.44. The first-order chi connectivity index (χ1) is 7.02. The van der Waals surface area contributed by atoms with Gasteiger partial charge >= 0.3 is 11.9 Å². The Balaban J connectivity index is 2.32. The van der Waals surface area contributed by atoms with E-state index in [4.69, 9.17) is 14.6 Å². The van der Waals surface area contributed by atoms with E-state index in [9.17, 15) is 9.59 Å². The quantitative estimate of drug-likeness (QED) is 0.528. The summed E-state index contributed by atoms with van der Waals surface area (Å²) in [4.78, 5) is 21.5. The second kappa shape index (κ2) is 5.27. The van der Waals surface area contributed by atoms with E-state index < -0.39 is 17.3 Å². The summed E-state index contributed by atoms with van der Waals surface area (Å²) in [5.41, 5.74) is -0.714. The summed E-state index contributed by atoms with van der Waals surface area (Å²) in [5, 5.41) is 8.40. The Kier molecular flexibility index (Phi) is 4.28. The minimum atomic E-state index is -0.987. The van der Waals surface area contributed by atoms with Crippen LogP contribution in [0.25, 0.3) is 0 Å². The van der Waals surface area contributed by atoms with Crippen molar-refractivity contribution in [2.45, 2.75) is 37.5 Å². The van der Waals surface area contributed by atoms with E-state index in [-0.39, 0.29) is 12.8 Å². The van der Waals surface area contributed by atoms with E-state index >= 15 is 0 Å². The first kappa shape index (κ1) is 12.2. The smallest absolute Gasteiger partial charge is 0.308 e. The van der Waals surface area contributed by atoms with Gasteiger partial charge in [-0.25, -0.2) is 0 Å². The van der Waals surface area contributed by atoms with Crippen LogP contribution in [0.4, 0.5) is 0 Å². The third-order valence-electron chi connectivity index (χ3n) is 2.31. The molecule has 0 aromatic heterocycles. The molecule has 0 spiro atoms. The molecule has 0 aromatic rings. The molecule has 5 nitrogen and oxygen atoms in total. The van der Waals surface area contributed by atoms with Crippen molar-refractivity contribution in [1.29, 1.82) is 0 Å². The van der Waals surface area contributed by atoms with Crippen LogP contribution >= 0.6 is 0 Å².